The number of hydrogen-bond acceptors (Lipinski definition) is 2. The van der Waals surface area contributed by atoms with Gasteiger partial charge in [-0.2, -0.15) is 0 Å². The maximum atomic E-state index is 11.6. The Morgan fingerprint density at radius 1 is 1.24 bits per heavy atom. The molecule has 0 spiro atoms. The highest BCUT2D eigenvalue weighted by atomic mass is 35.5. The van der Waals surface area contributed by atoms with Crippen LogP contribution in [0.4, 0.5) is 0 Å². The summed E-state index contributed by atoms with van der Waals surface area (Å²) in [5, 5.41) is 6.98. The quantitative estimate of drug-likeness (QED) is 0.782. The second-order valence-corrected chi connectivity index (χ2v) is 4.39. The van der Waals surface area contributed by atoms with Crippen LogP contribution < -0.4 is 10.6 Å². The van der Waals surface area contributed by atoms with Crippen molar-refractivity contribution in [2.75, 3.05) is 19.6 Å². The lowest BCUT2D eigenvalue weighted by molar-refractivity contribution is -0.120. The van der Waals surface area contributed by atoms with Crippen LogP contribution in [0.15, 0.2) is 18.2 Å². The van der Waals surface area contributed by atoms with E-state index in [9.17, 15) is 4.79 Å². The van der Waals surface area contributed by atoms with Gasteiger partial charge in [0.05, 0.1) is 6.42 Å². The average molecular weight is 275 g/mol. The van der Waals surface area contributed by atoms with Gasteiger partial charge in [0, 0.05) is 23.1 Å². The van der Waals surface area contributed by atoms with Gasteiger partial charge in [0.25, 0.3) is 0 Å². The normalized spacial score (nSPS) is 10.3. The molecule has 0 aliphatic heterocycles. The molecule has 1 amide bonds. The van der Waals surface area contributed by atoms with Crippen LogP contribution in [0.1, 0.15) is 12.5 Å². The van der Waals surface area contributed by atoms with Gasteiger partial charge in [-0.25, -0.2) is 0 Å². The molecule has 0 radical (unpaired) electrons. The SMILES string of the molecule is CCNCCNC(=O)Cc1c(Cl)cccc1Cl. The lowest BCUT2D eigenvalue weighted by Gasteiger charge is -2.08. The Balaban J connectivity index is 2.45. The zero-order valence-corrected chi connectivity index (χ0v) is 11.2. The number of halogens is 2. The van der Waals surface area contributed by atoms with Crippen molar-refractivity contribution < 1.29 is 4.79 Å². The minimum Gasteiger partial charge on any atom is -0.355 e. The van der Waals surface area contributed by atoms with Gasteiger partial charge >= 0.3 is 0 Å². The molecule has 1 aromatic rings. The summed E-state index contributed by atoms with van der Waals surface area (Å²) in [5.41, 5.74) is 0.678. The lowest BCUT2D eigenvalue weighted by atomic mass is 10.1. The van der Waals surface area contributed by atoms with Gasteiger partial charge < -0.3 is 10.6 Å². The highest BCUT2D eigenvalue weighted by molar-refractivity contribution is 6.36. The molecule has 0 heterocycles. The molecule has 17 heavy (non-hydrogen) atoms. The van der Waals surface area contributed by atoms with Crippen LogP contribution in [0.25, 0.3) is 0 Å². The summed E-state index contributed by atoms with van der Waals surface area (Å²) >= 11 is 12.0. The summed E-state index contributed by atoms with van der Waals surface area (Å²) in [7, 11) is 0. The summed E-state index contributed by atoms with van der Waals surface area (Å²) in [5.74, 6) is -0.0714. The molecule has 3 nitrogen and oxygen atoms in total. The second-order valence-electron chi connectivity index (χ2n) is 3.58. The monoisotopic (exact) mass is 274 g/mol. The molecule has 1 aromatic carbocycles. The Bertz CT molecular complexity index is 363. The molecule has 0 bridgehead atoms. The molecular formula is C12H16Cl2N2O. The van der Waals surface area contributed by atoms with E-state index in [1.54, 1.807) is 18.2 Å². The summed E-state index contributed by atoms with van der Waals surface area (Å²) in [6, 6.07) is 5.22. The summed E-state index contributed by atoms with van der Waals surface area (Å²) < 4.78 is 0. The van der Waals surface area contributed by atoms with Gasteiger partial charge in [-0.05, 0) is 24.2 Å². The molecule has 1 rings (SSSR count). The number of benzene rings is 1. The maximum absolute atomic E-state index is 11.6. The average Bonchev–Trinajstić information content (AvgIpc) is 2.30. The summed E-state index contributed by atoms with van der Waals surface area (Å²) in [6.45, 7) is 4.28. The topological polar surface area (TPSA) is 41.1 Å². The molecule has 5 heteroatoms. The zero-order valence-electron chi connectivity index (χ0n) is 9.72. The van der Waals surface area contributed by atoms with Gasteiger partial charge in [-0.3, -0.25) is 4.79 Å². The molecule has 2 N–H and O–H groups in total. The van der Waals surface area contributed by atoms with E-state index >= 15 is 0 Å². The van der Waals surface area contributed by atoms with Crippen LogP contribution in [0.3, 0.4) is 0 Å². The minimum atomic E-state index is -0.0714. The van der Waals surface area contributed by atoms with E-state index in [0.717, 1.165) is 13.1 Å². The van der Waals surface area contributed by atoms with Gasteiger partial charge in [0.15, 0.2) is 0 Å². The summed E-state index contributed by atoms with van der Waals surface area (Å²) in [6.07, 6.45) is 0.213. The molecule has 0 saturated carbocycles. The van der Waals surface area contributed by atoms with Crippen molar-refractivity contribution in [2.24, 2.45) is 0 Å². The summed E-state index contributed by atoms with van der Waals surface area (Å²) in [4.78, 5) is 11.6. The first-order valence-corrected chi connectivity index (χ1v) is 6.31. The highest BCUT2D eigenvalue weighted by Crippen LogP contribution is 2.24. The standard InChI is InChI=1S/C12H16Cl2N2O/c1-2-15-6-7-16-12(17)8-9-10(13)4-3-5-11(9)14/h3-5,15H,2,6-8H2,1H3,(H,16,17). The largest absolute Gasteiger partial charge is 0.355 e. The highest BCUT2D eigenvalue weighted by Gasteiger charge is 2.09. The van der Waals surface area contributed by atoms with Gasteiger partial charge in [-0.1, -0.05) is 36.2 Å². The van der Waals surface area contributed by atoms with Crippen LogP contribution in [0.2, 0.25) is 10.0 Å². The molecule has 0 atom stereocenters. The van der Waals surface area contributed by atoms with Gasteiger partial charge in [0.1, 0.15) is 0 Å². The lowest BCUT2D eigenvalue weighted by Crippen LogP contribution is -2.32. The minimum absolute atomic E-state index is 0.0714. The van der Waals surface area contributed by atoms with Crippen LogP contribution in [-0.2, 0) is 11.2 Å². The van der Waals surface area contributed by atoms with Crippen LogP contribution in [0, 0.1) is 0 Å². The third kappa shape index (κ3) is 4.94. The van der Waals surface area contributed by atoms with E-state index in [2.05, 4.69) is 10.6 Å². The Morgan fingerprint density at radius 2 is 1.88 bits per heavy atom. The second kappa shape index (κ2) is 7.54. The van der Waals surface area contributed by atoms with E-state index in [0.29, 0.717) is 22.2 Å². The number of amides is 1. The van der Waals surface area contributed by atoms with Crippen molar-refractivity contribution in [1.82, 2.24) is 10.6 Å². The molecule has 0 aromatic heterocycles. The fraction of sp³-hybridized carbons (Fsp3) is 0.417. The molecule has 0 aliphatic rings. The fourth-order valence-corrected chi connectivity index (χ4v) is 1.92. The number of likely N-dealkylation sites (N-methyl/N-ethyl adjacent to an activating group) is 1. The Labute approximate surface area is 111 Å². The van der Waals surface area contributed by atoms with E-state index in [4.69, 9.17) is 23.2 Å². The number of hydrogen-bond donors (Lipinski definition) is 2. The fourth-order valence-electron chi connectivity index (χ4n) is 1.39. The first-order chi connectivity index (χ1) is 8.15. The van der Waals surface area contributed by atoms with Crippen molar-refractivity contribution in [2.45, 2.75) is 13.3 Å². The molecule has 0 saturated heterocycles. The van der Waals surface area contributed by atoms with Crippen molar-refractivity contribution >= 4 is 29.1 Å². The smallest absolute Gasteiger partial charge is 0.224 e. The van der Waals surface area contributed by atoms with Crippen LogP contribution in [0.5, 0.6) is 0 Å². The van der Waals surface area contributed by atoms with Gasteiger partial charge in [-0.15, -0.1) is 0 Å². The number of nitrogens with one attached hydrogen (secondary N) is 2. The van der Waals surface area contributed by atoms with E-state index in [1.807, 2.05) is 6.92 Å². The molecule has 0 fully saturated rings. The van der Waals surface area contributed by atoms with Crippen molar-refractivity contribution in [3.8, 4) is 0 Å². The maximum Gasteiger partial charge on any atom is 0.224 e. The molecule has 0 aliphatic carbocycles. The van der Waals surface area contributed by atoms with Gasteiger partial charge in [0.2, 0.25) is 5.91 Å². The number of carbonyl (C=O) groups is 1. The van der Waals surface area contributed by atoms with Crippen LogP contribution >= 0.6 is 23.2 Å². The Kier molecular flexibility index (Phi) is 6.34. The Morgan fingerprint density at radius 3 is 2.47 bits per heavy atom. The van der Waals surface area contributed by atoms with Crippen molar-refractivity contribution in [3.63, 3.8) is 0 Å². The third-order valence-corrected chi connectivity index (χ3v) is 2.98. The van der Waals surface area contributed by atoms with E-state index in [-0.39, 0.29) is 12.3 Å². The van der Waals surface area contributed by atoms with E-state index in [1.165, 1.54) is 0 Å². The predicted octanol–water partition coefficient (Wildman–Crippen LogP) is 2.26. The predicted molar refractivity (Wildman–Crippen MR) is 71.7 cm³/mol. The molecule has 94 valence electrons. The van der Waals surface area contributed by atoms with Crippen molar-refractivity contribution in [1.29, 1.82) is 0 Å². The van der Waals surface area contributed by atoms with Crippen LogP contribution in [-0.4, -0.2) is 25.5 Å². The first-order valence-electron chi connectivity index (χ1n) is 5.55. The molecule has 0 unspecified atom stereocenters. The number of carbonyl (C=O) groups excluding carboxylic acids is 1. The van der Waals surface area contributed by atoms with Crippen molar-refractivity contribution in [3.05, 3.63) is 33.8 Å². The van der Waals surface area contributed by atoms with E-state index < -0.39 is 0 Å². The molecular weight excluding hydrogens is 259 g/mol. The Hall–Kier alpha value is -0.770. The first kappa shape index (κ1) is 14.3. The zero-order chi connectivity index (χ0) is 12.7. The third-order valence-electron chi connectivity index (χ3n) is 2.27. The number of rotatable bonds is 6.